The molecular formula is C13H23FN2. The molecule has 16 heavy (non-hydrogen) atoms. The average molecular weight is 226 g/mol. The molecular weight excluding hydrogens is 203 g/mol. The first-order valence-corrected chi connectivity index (χ1v) is 6.61. The van der Waals surface area contributed by atoms with Gasteiger partial charge in [-0.2, -0.15) is 0 Å². The van der Waals surface area contributed by atoms with Crippen molar-refractivity contribution in [2.24, 2.45) is 10.9 Å². The molecule has 2 nitrogen and oxygen atoms in total. The Balaban J connectivity index is 1.94. The lowest BCUT2D eigenvalue weighted by Gasteiger charge is -2.41. The maximum atomic E-state index is 13.1. The maximum absolute atomic E-state index is 13.1. The van der Waals surface area contributed by atoms with E-state index < -0.39 is 6.17 Å². The fourth-order valence-electron chi connectivity index (χ4n) is 3.16. The molecule has 1 unspecified atom stereocenters. The minimum absolute atomic E-state index is 0.557. The largest absolute Gasteiger partial charge is 0.301 e. The Kier molecular flexibility index (Phi) is 4.33. The number of nitrogens with zero attached hydrogens (tertiary/aromatic N) is 2. The van der Waals surface area contributed by atoms with E-state index in [9.17, 15) is 4.39 Å². The van der Waals surface area contributed by atoms with Gasteiger partial charge in [0, 0.05) is 38.3 Å². The van der Waals surface area contributed by atoms with E-state index in [2.05, 4.69) is 16.1 Å². The van der Waals surface area contributed by atoms with E-state index in [4.69, 9.17) is 0 Å². The van der Waals surface area contributed by atoms with Crippen molar-refractivity contribution in [1.29, 1.82) is 0 Å². The highest BCUT2D eigenvalue weighted by molar-refractivity contribution is 5.61. The summed E-state index contributed by atoms with van der Waals surface area (Å²) >= 11 is 0. The number of halogens is 1. The Morgan fingerprint density at radius 3 is 2.50 bits per heavy atom. The first-order chi connectivity index (χ1) is 7.81. The lowest BCUT2D eigenvalue weighted by molar-refractivity contribution is 0.0777. The van der Waals surface area contributed by atoms with E-state index >= 15 is 0 Å². The van der Waals surface area contributed by atoms with Crippen LogP contribution in [0.1, 0.15) is 38.5 Å². The molecule has 1 aliphatic carbocycles. The van der Waals surface area contributed by atoms with Gasteiger partial charge >= 0.3 is 0 Å². The van der Waals surface area contributed by atoms with Crippen LogP contribution in [0.3, 0.4) is 0 Å². The smallest absolute Gasteiger partial charge is 0.103 e. The zero-order chi connectivity index (χ0) is 11.4. The van der Waals surface area contributed by atoms with Crippen LogP contribution in [0.2, 0.25) is 0 Å². The minimum atomic E-state index is -0.557. The second-order valence-corrected chi connectivity index (χ2v) is 5.13. The SMILES string of the molecule is C/N=C/C1CCCC[C@@H]1N1CCC(F)CC1. The van der Waals surface area contributed by atoms with E-state index in [0.29, 0.717) is 12.0 Å². The Hall–Kier alpha value is -0.440. The van der Waals surface area contributed by atoms with Gasteiger partial charge in [-0.25, -0.2) is 4.39 Å². The summed E-state index contributed by atoms with van der Waals surface area (Å²) in [6.45, 7) is 1.89. The summed E-state index contributed by atoms with van der Waals surface area (Å²) in [4.78, 5) is 6.70. The van der Waals surface area contributed by atoms with Gasteiger partial charge in [0.25, 0.3) is 0 Å². The highest BCUT2D eigenvalue weighted by atomic mass is 19.1. The van der Waals surface area contributed by atoms with Crippen LogP contribution in [0.25, 0.3) is 0 Å². The molecule has 2 rings (SSSR count). The van der Waals surface area contributed by atoms with Gasteiger partial charge in [-0.1, -0.05) is 12.8 Å². The van der Waals surface area contributed by atoms with Gasteiger partial charge in [-0.3, -0.25) is 4.90 Å². The normalized spacial score (nSPS) is 34.6. The van der Waals surface area contributed by atoms with Gasteiger partial charge in [0.1, 0.15) is 6.17 Å². The highest BCUT2D eigenvalue weighted by Crippen LogP contribution is 2.29. The monoisotopic (exact) mass is 226 g/mol. The van der Waals surface area contributed by atoms with Crippen LogP contribution >= 0.6 is 0 Å². The average Bonchev–Trinajstić information content (AvgIpc) is 2.32. The number of likely N-dealkylation sites (tertiary alicyclic amines) is 1. The quantitative estimate of drug-likeness (QED) is 0.661. The van der Waals surface area contributed by atoms with E-state index in [-0.39, 0.29) is 0 Å². The van der Waals surface area contributed by atoms with Crippen LogP contribution < -0.4 is 0 Å². The number of hydrogen-bond acceptors (Lipinski definition) is 2. The van der Waals surface area contributed by atoms with E-state index in [0.717, 1.165) is 25.9 Å². The summed E-state index contributed by atoms with van der Waals surface area (Å²) in [5.74, 6) is 0.606. The molecule has 1 saturated carbocycles. The molecule has 0 aromatic carbocycles. The Morgan fingerprint density at radius 2 is 1.81 bits per heavy atom. The van der Waals surface area contributed by atoms with Crippen LogP contribution in [-0.2, 0) is 0 Å². The number of alkyl halides is 1. The Labute approximate surface area is 97.9 Å². The lowest BCUT2D eigenvalue weighted by atomic mass is 9.83. The van der Waals surface area contributed by atoms with E-state index in [1.165, 1.54) is 25.7 Å². The topological polar surface area (TPSA) is 15.6 Å². The molecule has 92 valence electrons. The third kappa shape index (κ3) is 2.82. The summed E-state index contributed by atoms with van der Waals surface area (Å²) in [5, 5.41) is 0. The minimum Gasteiger partial charge on any atom is -0.301 e. The summed E-state index contributed by atoms with van der Waals surface area (Å²) in [6, 6.07) is 0.630. The molecule has 0 N–H and O–H groups in total. The van der Waals surface area contributed by atoms with Crippen LogP contribution in [0.15, 0.2) is 4.99 Å². The first kappa shape index (κ1) is 12.0. The number of hydrogen-bond donors (Lipinski definition) is 0. The zero-order valence-corrected chi connectivity index (χ0v) is 10.2. The van der Waals surface area contributed by atoms with Crippen LogP contribution in [0, 0.1) is 5.92 Å². The number of aliphatic imine (C=N–C) groups is 1. The van der Waals surface area contributed by atoms with Gasteiger partial charge in [-0.15, -0.1) is 0 Å². The number of piperidine rings is 1. The van der Waals surface area contributed by atoms with Crippen molar-refractivity contribution in [3.05, 3.63) is 0 Å². The molecule has 0 aromatic rings. The van der Waals surface area contributed by atoms with Gasteiger partial charge in [0.05, 0.1) is 0 Å². The van der Waals surface area contributed by atoms with Crippen LogP contribution in [0.4, 0.5) is 4.39 Å². The summed E-state index contributed by atoms with van der Waals surface area (Å²) in [5.41, 5.74) is 0. The lowest BCUT2D eigenvalue weighted by Crippen LogP contribution is -2.47. The van der Waals surface area contributed by atoms with Crippen molar-refractivity contribution in [3.8, 4) is 0 Å². The molecule has 0 amide bonds. The van der Waals surface area contributed by atoms with Crippen molar-refractivity contribution in [2.75, 3.05) is 20.1 Å². The molecule has 3 heteroatoms. The van der Waals surface area contributed by atoms with Crippen molar-refractivity contribution in [3.63, 3.8) is 0 Å². The molecule has 1 heterocycles. The fourth-order valence-corrected chi connectivity index (χ4v) is 3.16. The third-order valence-corrected chi connectivity index (χ3v) is 4.05. The van der Waals surface area contributed by atoms with Gasteiger partial charge in [0.2, 0.25) is 0 Å². The molecule has 2 fully saturated rings. The van der Waals surface area contributed by atoms with Crippen molar-refractivity contribution in [2.45, 2.75) is 50.7 Å². The molecule has 1 saturated heterocycles. The Bertz CT molecular complexity index is 234. The Morgan fingerprint density at radius 1 is 1.12 bits per heavy atom. The molecule has 2 aliphatic rings. The van der Waals surface area contributed by atoms with Crippen molar-refractivity contribution in [1.82, 2.24) is 4.90 Å². The van der Waals surface area contributed by atoms with E-state index in [1.54, 1.807) is 0 Å². The van der Waals surface area contributed by atoms with E-state index in [1.807, 2.05) is 7.05 Å². The predicted octanol–water partition coefficient (Wildman–Crippen LogP) is 2.68. The molecule has 2 atom stereocenters. The standard InChI is InChI=1S/C13H23FN2/c1-15-10-11-4-2-3-5-13(11)16-8-6-12(14)7-9-16/h10-13H,2-9H2,1H3/b15-10+/t11?,13-/m0/s1. The van der Waals surface area contributed by atoms with Gasteiger partial charge in [0.15, 0.2) is 0 Å². The van der Waals surface area contributed by atoms with Crippen molar-refractivity contribution >= 4 is 6.21 Å². The number of rotatable bonds is 2. The second-order valence-electron chi connectivity index (χ2n) is 5.13. The molecule has 0 aromatic heterocycles. The zero-order valence-electron chi connectivity index (χ0n) is 10.2. The highest BCUT2D eigenvalue weighted by Gasteiger charge is 2.31. The predicted molar refractivity (Wildman–Crippen MR) is 65.9 cm³/mol. The molecule has 0 bridgehead atoms. The molecule has 0 radical (unpaired) electrons. The molecule has 1 aliphatic heterocycles. The van der Waals surface area contributed by atoms with Crippen LogP contribution in [-0.4, -0.2) is 43.5 Å². The van der Waals surface area contributed by atoms with Gasteiger partial charge in [-0.05, 0) is 25.7 Å². The van der Waals surface area contributed by atoms with Gasteiger partial charge < -0.3 is 4.99 Å². The molecule has 0 spiro atoms. The fraction of sp³-hybridized carbons (Fsp3) is 0.923. The summed E-state index contributed by atoms with van der Waals surface area (Å²) in [7, 11) is 1.86. The van der Waals surface area contributed by atoms with Crippen LogP contribution in [0.5, 0.6) is 0 Å². The third-order valence-electron chi connectivity index (χ3n) is 4.05. The first-order valence-electron chi connectivity index (χ1n) is 6.61. The summed E-state index contributed by atoms with van der Waals surface area (Å²) < 4.78 is 13.1. The maximum Gasteiger partial charge on any atom is 0.103 e. The second kappa shape index (κ2) is 5.76. The van der Waals surface area contributed by atoms with Crippen molar-refractivity contribution < 1.29 is 4.39 Å². The summed E-state index contributed by atoms with van der Waals surface area (Å²) in [6.07, 6.45) is 8.20.